The van der Waals surface area contributed by atoms with Crippen LogP contribution in [0.2, 0.25) is 0 Å². The van der Waals surface area contributed by atoms with Gasteiger partial charge in [0.25, 0.3) is 0 Å². The Morgan fingerprint density at radius 3 is 2.59 bits per heavy atom. The second kappa shape index (κ2) is 6.95. The average Bonchev–Trinajstić information content (AvgIpc) is 3.02. The molecule has 6 nitrogen and oxygen atoms in total. The highest BCUT2D eigenvalue weighted by atomic mass is 32.2. The third-order valence-electron chi connectivity index (χ3n) is 3.28. The van der Waals surface area contributed by atoms with Gasteiger partial charge in [0.05, 0.1) is 18.3 Å². The maximum atomic E-state index is 12.3. The van der Waals surface area contributed by atoms with Gasteiger partial charge in [-0.1, -0.05) is 0 Å². The zero-order valence-corrected chi connectivity index (χ0v) is 13.5. The molecule has 1 N–H and O–H groups in total. The van der Waals surface area contributed by atoms with E-state index in [1.54, 1.807) is 38.3 Å². The second-order valence-corrected chi connectivity index (χ2v) is 6.49. The summed E-state index contributed by atoms with van der Waals surface area (Å²) >= 11 is 0. The smallest absolute Gasteiger partial charge is 0.240 e. The van der Waals surface area contributed by atoms with Gasteiger partial charge >= 0.3 is 0 Å². The first-order chi connectivity index (χ1) is 10.5. The molecule has 1 aromatic heterocycles. The number of aryl methyl sites for hydroxylation is 1. The van der Waals surface area contributed by atoms with Crippen molar-refractivity contribution >= 4 is 10.0 Å². The standard InChI is InChI=1S/C15H19NO5S/c1-11-9-12(6-7-13(11)19-2)22(17,18)16-10-15(20-3)14-5-4-8-21-14/h4-9,15-16H,10H2,1-3H3. The van der Waals surface area contributed by atoms with E-state index in [1.807, 2.05) is 0 Å². The van der Waals surface area contributed by atoms with Crippen molar-refractivity contribution in [2.24, 2.45) is 0 Å². The van der Waals surface area contributed by atoms with Gasteiger partial charge in [-0.2, -0.15) is 0 Å². The quantitative estimate of drug-likeness (QED) is 0.845. The van der Waals surface area contributed by atoms with E-state index in [4.69, 9.17) is 13.9 Å². The second-order valence-electron chi connectivity index (χ2n) is 4.72. The zero-order valence-electron chi connectivity index (χ0n) is 12.7. The lowest BCUT2D eigenvalue weighted by Crippen LogP contribution is -2.29. The molecular weight excluding hydrogens is 306 g/mol. The molecule has 0 spiro atoms. The summed E-state index contributed by atoms with van der Waals surface area (Å²) in [6.07, 6.45) is 1.03. The van der Waals surface area contributed by atoms with Crippen molar-refractivity contribution in [1.29, 1.82) is 0 Å². The lowest BCUT2D eigenvalue weighted by molar-refractivity contribution is 0.0878. The highest BCUT2D eigenvalue weighted by molar-refractivity contribution is 7.89. The molecule has 2 rings (SSSR count). The van der Waals surface area contributed by atoms with Crippen LogP contribution in [0.1, 0.15) is 17.4 Å². The van der Waals surface area contributed by atoms with Crippen LogP contribution in [-0.2, 0) is 14.8 Å². The largest absolute Gasteiger partial charge is 0.496 e. The van der Waals surface area contributed by atoms with Crippen LogP contribution in [0.3, 0.4) is 0 Å². The highest BCUT2D eigenvalue weighted by Gasteiger charge is 2.20. The van der Waals surface area contributed by atoms with Crippen LogP contribution in [0.25, 0.3) is 0 Å². The molecule has 1 heterocycles. The minimum Gasteiger partial charge on any atom is -0.496 e. The minimum atomic E-state index is -3.63. The van der Waals surface area contributed by atoms with E-state index in [2.05, 4.69) is 4.72 Å². The van der Waals surface area contributed by atoms with Crippen LogP contribution in [-0.4, -0.2) is 29.2 Å². The molecule has 0 radical (unpaired) electrons. The van der Waals surface area contributed by atoms with E-state index < -0.39 is 16.1 Å². The summed E-state index contributed by atoms with van der Waals surface area (Å²) in [5.74, 6) is 1.21. The fourth-order valence-electron chi connectivity index (χ4n) is 2.06. The first-order valence-corrected chi connectivity index (χ1v) is 8.16. The van der Waals surface area contributed by atoms with E-state index in [-0.39, 0.29) is 11.4 Å². The van der Waals surface area contributed by atoms with Crippen LogP contribution < -0.4 is 9.46 Å². The summed E-state index contributed by atoms with van der Waals surface area (Å²) in [4.78, 5) is 0.181. The fourth-order valence-corrected chi connectivity index (χ4v) is 3.18. The third kappa shape index (κ3) is 3.68. The van der Waals surface area contributed by atoms with Crippen molar-refractivity contribution < 1.29 is 22.3 Å². The molecule has 0 fully saturated rings. The minimum absolute atomic E-state index is 0.0808. The summed E-state index contributed by atoms with van der Waals surface area (Å²) in [5.41, 5.74) is 0.750. The topological polar surface area (TPSA) is 77.8 Å². The third-order valence-corrected chi connectivity index (χ3v) is 4.70. The number of benzene rings is 1. The first kappa shape index (κ1) is 16.5. The number of sulfonamides is 1. The Labute approximate surface area is 130 Å². The average molecular weight is 325 g/mol. The van der Waals surface area contributed by atoms with Gasteiger partial charge in [-0.15, -0.1) is 0 Å². The molecule has 0 bridgehead atoms. The van der Waals surface area contributed by atoms with E-state index >= 15 is 0 Å². The van der Waals surface area contributed by atoms with Crippen molar-refractivity contribution in [3.63, 3.8) is 0 Å². The molecule has 0 saturated heterocycles. The summed E-state index contributed by atoms with van der Waals surface area (Å²) in [6.45, 7) is 1.87. The fraction of sp³-hybridized carbons (Fsp3) is 0.333. The Kier molecular flexibility index (Phi) is 5.23. The van der Waals surface area contributed by atoms with Gasteiger partial charge in [0.15, 0.2) is 0 Å². The number of ether oxygens (including phenoxy) is 2. The van der Waals surface area contributed by atoms with Gasteiger partial charge in [0.1, 0.15) is 17.6 Å². The highest BCUT2D eigenvalue weighted by Crippen LogP contribution is 2.22. The van der Waals surface area contributed by atoms with Gasteiger partial charge in [-0.25, -0.2) is 13.1 Å². The Morgan fingerprint density at radius 1 is 1.27 bits per heavy atom. The van der Waals surface area contributed by atoms with E-state index in [0.717, 1.165) is 5.56 Å². The number of rotatable bonds is 7. The Balaban J connectivity index is 2.12. The van der Waals surface area contributed by atoms with E-state index in [9.17, 15) is 8.42 Å². The van der Waals surface area contributed by atoms with Crippen LogP contribution in [0.4, 0.5) is 0 Å². The molecule has 1 unspecified atom stereocenters. The van der Waals surface area contributed by atoms with Crippen LogP contribution >= 0.6 is 0 Å². The monoisotopic (exact) mass is 325 g/mol. The number of nitrogens with one attached hydrogen (secondary N) is 1. The van der Waals surface area contributed by atoms with Crippen molar-refractivity contribution in [3.8, 4) is 5.75 Å². The lowest BCUT2D eigenvalue weighted by Gasteiger charge is -2.14. The van der Waals surface area contributed by atoms with Crippen molar-refractivity contribution in [2.75, 3.05) is 20.8 Å². The van der Waals surface area contributed by atoms with Crippen molar-refractivity contribution in [3.05, 3.63) is 47.9 Å². The molecule has 1 aromatic carbocycles. The molecule has 120 valence electrons. The Bertz CT molecular complexity index is 710. The van der Waals surface area contributed by atoms with Crippen molar-refractivity contribution in [2.45, 2.75) is 17.9 Å². The van der Waals surface area contributed by atoms with Crippen molar-refractivity contribution in [1.82, 2.24) is 4.72 Å². The molecule has 7 heteroatoms. The summed E-state index contributed by atoms with van der Waals surface area (Å²) in [5, 5.41) is 0. The predicted octanol–water partition coefficient (Wildman–Crippen LogP) is 2.26. The molecule has 2 aromatic rings. The number of hydrogen-bond donors (Lipinski definition) is 1. The van der Waals surface area contributed by atoms with E-state index in [1.165, 1.54) is 19.4 Å². The lowest BCUT2D eigenvalue weighted by atomic mass is 10.2. The van der Waals surface area contributed by atoms with Crippen LogP contribution in [0.5, 0.6) is 5.75 Å². The maximum absolute atomic E-state index is 12.3. The molecular formula is C15H19NO5S. The molecule has 0 amide bonds. The molecule has 1 atom stereocenters. The van der Waals surface area contributed by atoms with Gasteiger partial charge in [0, 0.05) is 13.7 Å². The molecule has 0 saturated carbocycles. The Hall–Kier alpha value is -1.83. The van der Waals surface area contributed by atoms with Crippen LogP contribution in [0.15, 0.2) is 45.9 Å². The van der Waals surface area contributed by atoms with E-state index in [0.29, 0.717) is 11.5 Å². The molecule has 22 heavy (non-hydrogen) atoms. The summed E-state index contributed by atoms with van der Waals surface area (Å²) in [7, 11) is -0.589. The first-order valence-electron chi connectivity index (χ1n) is 6.68. The maximum Gasteiger partial charge on any atom is 0.240 e. The number of hydrogen-bond acceptors (Lipinski definition) is 5. The summed E-state index contributed by atoms with van der Waals surface area (Å²) in [6, 6.07) is 8.16. The summed E-state index contributed by atoms with van der Waals surface area (Å²) < 4.78 is 42.8. The predicted molar refractivity (Wildman–Crippen MR) is 81.4 cm³/mol. The number of furan rings is 1. The SMILES string of the molecule is COc1ccc(S(=O)(=O)NCC(OC)c2ccco2)cc1C. The Morgan fingerprint density at radius 2 is 2.05 bits per heavy atom. The number of methoxy groups -OCH3 is 2. The van der Waals surface area contributed by atoms with Gasteiger partial charge in [0.2, 0.25) is 10.0 Å². The molecule has 0 aliphatic rings. The molecule has 0 aliphatic carbocycles. The van der Waals surface area contributed by atoms with Crippen LogP contribution in [0, 0.1) is 6.92 Å². The normalized spacial score (nSPS) is 13.0. The zero-order chi connectivity index (χ0) is 16.2. The van der Waals surface area contributed by atoms with Gasteiger partial charge in [-0.3, -0.25) is 0 Å². The van der Waals surface area contributed by atoms with Gasteiger partial charge in [-0.05, 0) is 42.8 Å². The van der Waals surface area contributed by atoms with Gasteiger partial charge < -0.3 is 13.9 Å². The molecule has 0 aliphatic heterocycles.